The van der Waals surface area contributed by atoms with Crippen LogP contribution in [-0.4, -0.2) is 11.5 Å². The summed E-state index contributed by atoms with van der Waals surface area (Å²) >= 11 is 1.79. The van der Waals surface area contributed by atoms with Gasteiger partial charge in [-0.3, -0.25) is 0 Å². The van der Waals surface area contributed by atoms with Crippen LogP contribution < -0.4 is 5.32 Å². The van der Waals surface area contributed by atoms with Gasteiger partial charge in [-0.1, -0.05) is 0 Å². The summed E-state index contributed by atoms with van der Waals surface area (Å²) in [6, 6.07) is 0.670. The summed E-state index contributed by atoms with van der Waals surface area (Å²) in [7, 11) is 0. The Labute approximate surface area is 70.7 Å². The minimum Gasteiger partial charge on any atom is -0.338 e. The molecule has 1 aromatic heterocycles. The van der Waals surface area contributed by atoms with E-state index in [1.807, 2.05) is 6.20 Å². The molecule has 2 heterocycles. The molecular formula is C8H13N2S+. The Morgan fingerprint density at radius 2 is 2.55 bits per heavy atom. The number of rotatable bonds is 1. The van der Waals surface area contributed by atoms with E-state index in [1.54, 1.807) is 11.3 Å². The van der Waals surface area contributed by atoms with E-state index in [0.29, 0.717) is 6.04 Å². The van der Waals surface area contributed by atoms with Gasteiger partial charge in [-0.15, -0.1) is 11.3 Å². The highest BCUT2D eigenvalue weighted by Gasteiger charge is 2.19. The van der Waals surface area contributed by atoms with Gasteiger partial charge in [-0.2, -0.15) is 0 Å². The topological polar surface area (TPSA) is 29.5 Å². The number of nitrogens with zero attached hydrogens (tertiary/aromatic N) is 1. The molecule has 0 aliphatic carbocycles. The first-order valence-electron chi connectivity index (χ1n) is 4.19. The van der Waals surface area contributed by atoms with Gasteiger partial charge in [0, 0.05) is 18.0 Å². The van der Waals surface area contributed by atoms with Crippen molar-refractivity contribution >= 4 is 11.3 Å². The zero-order chi connectivity index (χ0) is 7.52. The quantitative estimate of drug-likeness (QED) is 0.666. The molecule has 0 bridgehead atoms. The molecule has 2 N–H and O–H groups in total. The molecule has 2 rings (SSSR count). The molecule has 3 heteroatoms. The van der Waals surface area contributed by atoms with Crippen LogP contribution in [0.2, 0.25) is 0 Å². The van der Waals surface area contributed by atoms with Gasteiger partial charge in [-0.25, -0.2) is 4.98 Å². The lowest BCUT2D eigenvalue weighted by Gasteiger charge is -2.17. The fraction of sp³-hybridized carbons (Fsp3) is 0.625. The van der Waals surface area contributed by atoms with Crippen molar-refractivity contribution in [3.63, 3.8) is 0 Å². The molecule has 1 fully saturated rings. The minimum absolute atomic E-state index is 0.670. The summed E-state index contributed by atoms with van der Waals surface area (Å²) in [5.41, 5.74) is 0. The predicted molar refractivity (Wildman–Crippen MR) is 45.5 cm³/mol. The molecule has 2 nitrogen and oxygen atoms in total. The van der Waals surface area contributed by atoms with Gasteiger partial charge in [0.15, 0.2) is 5.01 Å². The first-order valence-corrected chi connectivity index (χ1v) is 5.07. The standard InChI is InChI=1S/C8H12N2S/c1-2-4-9-7(3-1)8-10-5-6-11-8/h5-7,9H,1-4H2/p+1/t7-/m1/s1. The average molecular weight is 169 g/mol. The zero-order valence-electron chi connectivity index (χ0n) is 6.49. The van der Waals surface area contributed by atoms with Crippen molar-refractivity contribution in [1.82, 2.24) is 4.98 Å². The van der Waals surface area contributed by atoms with Crippen molar-refractivity contribution in [1.29, 1.82) is 0 Å². The number of nitrogens with two attached hydrogens (primary N) is 1. The molecule has 1 aliphatic rings. The molecular weight excluding hydrogens is 156 g/mol. The largest absolute Gasteiger partial charge is 0.338 e. The van der Waals surface area contributed by atoms with Crippen LogP contribution in [0, 0.1) is 0 Å². The lowest BCUT2D eigenvalue weighted by Crippen LogP contribution is -2.86. The number of hydrogen-bond acceptors (Lipinski definition) is 2. The maximum absolute atomic E-state index is 4.33. The molecule has 0 unspecified atom stereocenters. The van der Waals surface area contributed by atoms with Crippen molar-refractivity contribution in [3.05, 3.63) is 16.6 Å². The summed E-state index contributed by atoms with van der Waals surface area (Å²) in [5.74, 6) is 0. The predicted octanol–water partition coefficient (Wildman–Crippen LogP) is 0.931. The summed E-state index contributed by atoms with van der Waals surface area (Å²) in [5, 5.41) is 5.80. The molecule has 0 spiro atoms. The van der Waals surface area contributed by atoms with Gasteiger partial charge < -0.3 is 5.32 Å². The molecule has 60 valence electrons. The van der Waals surface area contributed by atoms with Gasteiger partial charge >= 0.3 is 0 Å². The molecule has 0 aromatic carbocycles. The van der Waals surface area contributed by atoms with Crippen LogP contribution in [0.25, 0.3) is 0 Å². The van der Waals surface area contributed by atoms with Gasteiger partial charge in [-0.05, 0) is 12.8 Å². The highest BCUT2D eigenvalue weighted by atomic mass is 32.1. The molecule has 0 saturated carbocycles. The zero-order valence-corrected chi connectivity index (χ0v) is 7.31. The number of piperidine rings is 1. The Hall–Kier alpha value is -0.410. The average Bonchev–Trinajstić information content (AvgIpc) is 2.58. The first-order chi connectivity index (χ1) is 5.47. The molecule has 0 radical (unpaired) electrons. The normalized spacial score (nSPS) is 25.3. The van der Waals surface area contributed by atoms with E-state index in [9.17, 15) is 0 Å². The number of thiazole rings is 1. The van der Waals surface area contributed by atoms with E-state index in [2.05, 4.69) is 15.7 Å². The van der Waals surface area contributed by atoms with Crippen LogP contribution in [0.4, 0.5) is 0 Å². The maximum Gasteiger partial charge on any atom is 0.150 e. The smallest absolute Gasteiger partial charge is 0.150 e. The third-order valence-corrected chi connectivity index (χ3v) is 3.10. The second-order valence-electron chi connectivity index (χ2n) is 3.00. The lowest BCUT2D eigenvalue weighted by atomic mass is 10.1. The Balaban J connectivity index is 2.04. The maximum atomic E-state index is 4.33. The summed E-state index contributed by atoms with van der Waals surface area (Å²) in [6.45, 7) is 1.28. The van der Waals surface area contributed by atoms with E-state index >= 15 is 0 Å². The van der Waals surface area contributed by atoms with E-state index in [-0.39, 0.29) is 0 Å². The van der Waals surface area contributed by atoms with Crippen LogP contribution in [0.5, 0.6) is 0 Å². The second-order valence-corrected chi connectivity index (χ2v) is 3.92. The van der Waals surface area contributed by atoms with Gasteiger partial charge in [0.05, 0.1) is 6.54 Å². The summed E-state index contributed by atoms with van der Waals surface area (Å²) in [6.07, 6.45) is 5.97. The molecule has 0 amide bonds. The van der Waals surface area contributed by atoms with E-state index < -0.39 is 0 Å². The van der Waals surface area contributed by atoms with E-state index in [0.717, 1.165) is 0 Å². The van der Waals surface area contributed by atoms with Gasteiger partial charge in [0.1, 0.15) is 6.04 Å². The fourth-order valence-corrected chi connectivity index (χ4v) is 2.36. The van der Waals surface area contributed by atoms with Crippen LogP contribution >= 0.6 is 11.3 Å². The van der Waals surface area contributed by atoms with E-state index in [1.165, 1.54) is 30.8 Å². The lowest BCUT2D eigenvalue weighted by molar-refractivity contribution is -0.704. The highest BCUT2D eigenvalue weighted by Crippen LogP contribution is 2.19. The molecule has 1 aromatic rings. The first kappa shape index (κ1) is 7.25. The van der Waals surface area contributed by atoms with Gasteiger partial charge in [0.25, 0.3) is 0 Å². The highest BCUT2D eigenvalue weighted by molar-refractivity contribution is 7.09. The Bertz CT molecular complexity index is 202. The van der Waals surface area contributed by atoms with Crippen LogP contribution in [0.3, 0.4) is 0 Å². The third-order valence-electron chi connectivity index (χ3n) is 2.19. The van der Waals surface area contributed by atoms with Crippen molar-refractivity contribution in [2.75, 3.05) is 6.54 Å². The van der Waals surface area contributed by atoms with Crippen molar-refractivity contribution < 1.29 is 5.32 Å². The van der Waals surface area contributed by atoms with Crippen LogP contribution in [0.15, 0.2) is 11.6 Å². The Kier molecular flexibility index (Phi) is 2.19. The van der Waals surface area contributed by atoms with Crippen molar-refractivity contribution in [3.8, 4) is 0 Å². The third kappa shape index (κ3) is 1.60. The van der Waals surface area contributed by atoms with Crippen LogP contribution in [0.1, 0.15) is 30.3 Å². The second kappa shape index (κ2) is 3.32. The molecule has 1 aliphatic heterocycles. The van der Waals surface area contributed by atoms with E-state index in [4.69, 9.17) is 0 Å². The fourth-order valence-electron chi connectivity index (χ4n) is 1.59. The molecule has 11 heavy (non-hydrogen) atoms. The Morgan fingerprint density at radius 3 is 3.18 bits per heavy atom. The number of quaternary nitrogens is 1. The molecule has 1 saturated heterocycles. The summed E-state index contributed by atoms with van der Waals surface area (Å²) < 4.78 is 0. The Morgan fingerprint density at radius 1 is 1.55 bits per heavy atom. The molecule has 1 atom stereocenters. The monoisotopic (exact) mass is 169 g/mol. The van der Waals surface area contributed by atoms with Crippen LogP contribution in [-0.2, 0) is 0 Å². The minimum atomic E-state index is 0.670. The number of hydrogen-bond donors (Lipinski definition) is 1. The van der Waals surface area contributed by atoms with Gasteiger partial charge in [0.2, 0.25) is 0 Å². The SMILES string of the molecule is c1csc([C@H]2CCCC[NH2+]2)n1. The summed E-state index contributed by atoms with van der Waals surface area (Å²) in [4.78, 5) is 4.33. The number of aromatic nitrogens is 1. The van der Waals surface area contributed by atoms with Crippen molar-refractivity contribution in [2.45, 2.75) is 25.3 Å². The van der Waals surface area contributed by atoms with Crippen molar-refractivity contribution in [2.24, 2.45) is 0 Å².